The summed E-state index contributed by atoms with van der Waals surface area (Å²) in [6.45, 7) is 0.251. The lowest BCUT2D eigenvalue weighted by molar-refractivity contribution is 0.298. The van der Waals surface area contributed by atoms with Crippen molar-refractivity contribution in [2.75, 3.05) is 14.2 Å². The summed E-state index contributed by atoms with van der Waals surface area (Å²) in [6.07, 6.45) is 0. The molecule has 23 heavy (non-hydrogen) atoms. The van der Waals surface area contributed by atoms with Crippen molar-refractivity contribution in [1.82, 2.24) is 9.97 Å². The van der Waals surface area contributed by atoms with E-state index in [4.69, 9.17) is 37.4 Å². The fraction of sp³-hybridized carbons (Fsp3) is 0.188. The number of hydrogen-bond acceptors (Lipinski definition) is 4. The Bertz CT molecular complexity index is 808. The van der Waals surface area contributed by atoms with E-state index in [0.29, 0.717) is 33.1 Å². The molecule has 0 aliphatic heterocycles. The smallest absolute Gasteiger partial charge is 0.163 e. The molecule has 1 heterocycles. The minimum absolute atomic E-state index is 0.251. The van der Waals surface area contributed by atoms with Crippen LogP contribution in [-0.4, -0.2) is 24.2 Å². The molecule has 3 rings (SSSR count). The van der Waals surface area contributed by atoms with Crippen LogP contribution < -0.4 is 14.2 Å². The lowest BCUT2D eigenvalue weighted by atomic mass is 10.3. The van der Waals surface area contributed by atoms with Gasteiger partial charge in [-0.1, -0.05) is 23.2 Å². The molecule has 0 fully saturated rings. The Hall–Kier alpha value is -2.11. The second-order valence-corrected chi connectivity index (χ2v) is 5.61. The standard InChI is InChI=1S/C16H14Cl2N2O3/c1-21-14-6-11-12(7-15(14)22-2)20-16(19-11)8-23-13-4-3-9(17)5-10(13)18/h3-7H,8H2,1-2H3,(H,19,20). The maximum atomic E-state index is 6.08. The molecule has 120 valence electrons. The van der Waals surface area contributed by atoms with Crippen molar-refractivity contribution >= 4 is 34.2 Å². The van der Waals surface area contributed by atoms with E-state index in [1.54, 1.807) is 32.4 Å². The van der Waals surface area contributed by atoms with E-state index in [2.05, 4.69) is 9.97 Å². The van der Waals surface area contributed by atoms with Gasteiger partial charge in [0.25, 0.3) is 0 Å². The highest BCUT2D eigenvalue weighted by Crippen LogP contribution is 2.31. The third-order valence-corrected chi connectivity index (χ3v) is 3.83. The van der Waals surface area contributed by atoms with E-state index in [0.717, 1.165) is 11.0 Å². The van der Waals surface area contributed by atoms with Gasteiger partial charge in [0.2, 0.25) is 0 Å². The third kappa shape index (κ3) is 3.30. The van der Waals surface area contributed by atoms with Crippen molar-refractivity contribution < 1.29 is 14.2 Å². The molecule has 1 aromatic heterocycles. The van der Waals surface area contributed by atoms with E-state index in [9.17, 15) is 0 Å². The summed E-state index contributed by atoms with van der Waals surface area (Å²) in [5.74, 6) is 2.48. The monoisotopic (exact) mass is 352 g/mol. The molecule has 3 aromatic rings. The normalized spacial score (nSPS) is 10.8. The highest BCUT2D eigenvalue weighted by molar-refractivity contribution is 6.35. The van der Waals surface area contributed by atoms with Crippen molar-refractivity contribution in [2.24, 2.45) is 0 Å². The van der Waals surface area contributed by atoms with Crippen molar-refractivity contribution in [2.45, 2.75) is 6.61 Å². The summed E-state index contributed by atoms with van der Waals surface area (Å²) < 4.78 is 16.2. The number of hydrogen-bond donors (Lipinski definition) is 1. The van der Waals surface area contributed by atoms with Crippen LogP contribution in [0.2, 0.25) is 10.0 Å². The molecule has 0 atom stereocenters. The van der Waals surface area contributed by atoms with Gasteiger partial charge in [-0.3, -0.25) is 0 Å². The highest BCUT2D eigenvalue weighted by Gasteiger charge is 2.11. The molecular formula is C16H14Cl2N2O3. The first-order valence-corrected chi connectivity index (χ1v) is 7.54. The van der Waals surface area contributed by atoms with Crippen LogP contribution in [0.4, 0.5) is 0 Å². The van der Waals surface area contributed by atoms with Gasteiger partial charge in [0, 0.05) is 17.2 Å². The third-order valence-electron chi connectivity index (χ3n) is 3.29. The van der Waals surface area contributed by atoms with Crippen LogP contribution in [0.15, 0.2) is 30.3 Å². The molecule has 2 aromatic carbocycles. The van der Waals surface area contributed by atoms with Crippen LogP contribution in [0.5, 0.6) is 17.2 Å². The number of nitrogens with one attached hydrogen (secondary N) is 1. The number of imidazole rings is 1. The summed E-state index contributed by atoms with van der Waals surface area (Å²) in [5.41, 5.74) is 1.60. The molecule has 7 heteroatoms. The SMILES string of the molecule is COc1cc2nc(COc3ccc(Cl)cc3Cl)[nH]c2cc1OC. The van der Waals surface area contributed by atoms with Gasteiger partial charge in [-0.25, -0.2) is 4.98 Å². The molecule has 5 nitrogen and oxygen atoms in total. The summed E-state index contributed by atoms with van der Waals surface area (Å²) in [5, 5.41) is 1.02. The number of ether oxygens (including phenoxy) is 3. The number of halogens is 2. The molecule has 0 spiro atoms. The lowest BCUT2D eigenvalue weighted by Gasteiger charge is -2.06. The zero-order chi connectivity index (χ0) is 16.4. The first-order chi connectivity index (χ1) is 11.1. The lowest BCUT2D eigenvalue weighted by Crippen LogP contribution is -1.97. The predicted octanol–water partition coefficient (Wildman–Crippen LogP) is 4.47. The van der Waals surface area contributed by atoms with Crippen LogP contribution >= 0.6 is 23.2 Å². The molecular weight excluding hydrogens is 339 g/mol. The molecule has 0 aliphatic rings. The minimum atomic E-state index is 0.251. The number of aromatic amines is 1. The first kappa shape index (κ1) is 15.8. The van der Waals surface area contributed by atoms with Gasteiger partial charge >= 0.3 is 0 Å². The van der Waals surface area contributed by atoms with E-state index in [1.165, 1.54) is 0 Å². The summed E-state index contributed by atoms with van der Waals surface area (Å²) >= 11 is 11.9. The van der Waals surface area contributed by atoms with Gasteiger partial charge in [-0.05, 0) is 18.2 Å². The molecule has 0 radical (unpaired) electrons. The Kier molecular flexibility index (Phi) is 4.50. The van der Waals surface area contributed by atoms with Gasteiger partial charge in [0.05, 0.1) is 30.3 Å². The van der Waals surface area contributed by atoms with E-state index >= 15 is 0 Å². The quantitative estimate of drug-likeness (QED) is 0.736. The molecule has 0 aliphatic carbocycles. The Morgan fingerprint density at radius 3 is 2.43 bits per heavy atom. The average molecular weight is 353 g/mol. The summed E-state index contributed by atoms with van der Waals surface area (Å²) in [7, 11) is 3.18. The number of nitrogens with zero attached hydrogens (tertiary/aromatic N) is 1. The van der Waals surface area contributed by atoms with Gasteiger partial charge in [0.1, 0.15) is 18.2 Å². The van der Waals surface area contributed by atoms with Crippen molar-refractivity contribution in [1.29, 1.82) is 0 Å². The molecule has 0 unspecified atom stereocenters. The zero-order valence-electron chi connectivity index (χ0n) is 12.5. The maximum absolute atomic E-state index is 6.08. The molecule has 1 N–H and O–H groups in total. The van der Waals surface area contributed by atoms with Crippen molar-refractivity contribution in [3.05, 3.63) is 46.2 Å². The largest absolute Gasteiger partial charge is 0.493 e. The number of rotatable bonds is 5. The second kappa shape index (κ2) is 6.56. The molecule has 0 amide bonds. The van der Waals surface area contributed by atoms with Crippen LogP contribution in [0.1, 0.15) is 5.82 Å². The average Bonchev–Trinajstić information content (AvgIpc) is 2.94. The number of H-pyrrole nitrogens is 1. The number of methoxy groups -OCH3 is 2. The van der Waals surface area contributed by atoms with E-state index in [-0.39, 0.29) is 6.61 Å². The van der Waals surface area contributed by atoms with Crippen LogP contribution in [0.25, 0.3) is 11.0 Å². The highest BCUT2D eigenvalue weighted by atomic mass is 35.5. The van der Waals surface area contributed by atoms with Gasteiger partial charge in [0.15, 0.2) is 11.5 Å². The summed E-state index contributed by atoms with van der Waals surface area (Å²) in [6, 6.07) is 8.71. The second-order valence-electron chi connectivity index (χ2n) is 4.77. The Morgan fingerprint density at radius 2 is 1.74 bits per heavy atom. The van der Waals surface area contributed by atoms with Crippen LogP contribution in [0, 0.1) is 0 Å². The maximum Gasteiger partial charge on any atom is 0.163 e. The van der Waals surface area contributed by atoms with Crippen LogP contribution in [-0.2, 0) is 6.61 Å². The van der Waals surface area contributed by atoms with E-state index < -0.39 is 0 Å². The molecule has 0 saturated carbocycles. The predicted molar refractivity (Wildman–Crippen MR) is 90.0 cm³/mol. The first-order valence-electron chi connectivity index (χ1n) is 6.79. The number of aromatic nitrogens is 2. The topological polar surface area (TPSA) is 56.4 Å². The Labute approximate surface area is 143 Å². The van der Waals surface area contributed by atoms with E-state index in [1.807, 2.05) is 12.1 Å². The van der Waals surface area contributed by atoms with Gasteiger partial charge in [-0.15, -0.1) is 0 Å². The van der Waals surface area contributed by atoms with Crippen molar-refractivity contribution in [3.8, 4) is 17.2 Å². The Balaban J connectivity index is 1.83. The summed E-state index contributed by atoms with van der Waals surface area (Å²) in [4.78, 5) is 7.66. The van der Waals surface area contributed by atoms with Crippen LogP contribution in [0.3, 0.4) is 0 Å². The minimum Gasteiger partial charge on any atom is -0.493 e. The fourth-order valence-corrected chi connectivity index (χ4v) is 2.66. The fourth-order valence-electron chi connectivity index (χ4n) is 2.20. The van der Waals surface area contributed by atoms with Gasteiger partial charge in [-0.2, -0.15) is 0 Å². The zero-order valence-corrected chi connectivity index (χ0v) is 14.0. The number of fused-ring (bicyclic) bond motifs is 1. The Morgan fingerprint density at radius 1 is 1.00 bits per heavy atom. The number of benzene rings is 2. The van der Waals surface area contributed by atoms with Gasteiger partial charge < -0.3 is 19.2 Å². The molecule has 0 bridgehead atoms. The van der Waals surface area contributed by atoms with Crippen molar-refractivity contribution in [3.63, 3.8) is 0 Å². The molecule has 0 saturated heterocycles.